The summed E-state index contributed by atoms with van der Waals surface area (Å²) in [5.74, 6) is 6.25. The molecule has 0 saturated heterocycles. The van der Waals surface area contributed by atoms with Gasteiger partial charge in [-0.1, -0.05) is 11.8 Å². The highest BCUT2D eigenvalue weighted by molar-refractivity contribution is 5.75. The average molecular weight is 290 g/mol. The number of hydrogen-bond donors (Lipinski definition) is 2. The minimum absolute atomic E-state index is 0.0438. The van der Waals surface area contributed by atoms with E-state index in [1.54, 1.807) is 7.05 Å². The Morgan fingerprint density at radius 3 is 2.67 bits per heavy atom. The molecule has 5 heteroatoms. The Hall–Kier alpha value is -2.03. The van der Waals surface area contributed by atoms with Gasteiger partial charge >= 0.3 is 0 Å². The summed E-state index contributed by atoms with van der Waals surface area (Å²) < 4.78 is 5.63. The van der Waals surface area contributed by atoms with Gasteiger partial charge in [0.1, 0.15) is 19.0 Å². The molecule has 0 radical (unpaired) electrons. The summed E-state index contributed by atoms with van der Waals surface area (Å²) in [6.45, 7) is 1.88. The standard InChI is InChI=1S/C16H22N2O3/c1-17-16(20)9-10-18(2)11-13-21-15-7-5-14(6-8-15)4-3-12-19/h5-8,19H,9-13H2,1-2H3,(H,17,20). The van der Waals surface area contributed by atoms with E-state index in [0.29, 0.717) is 19.6 Å². The lowest BCUT2D eigenvalue weighted by Crippen LogP contribution is -2.29. The predicted octanol–water partition coefficient (Wildman–Crippen LogP) is 0.477. The van der Waals surface area contributed by atoms with Crippen LogP contribution in [-0.4, -0.2) is 56.3 Å². The topological polar surface area (TPSA) is 61.8 Å². The molecular weight excluding hydrogens is 268 g/mol. The Morgan fingerprint density at radius 1 is 1.33 bits per heavy atom. The zero-order valence-corrected chi connectivity index (χ0v) is 12.6. The third-order valence-corrected chi connectivity index (χ3v) is 2.91. The maximum Gasteiger partial charge on any atom is 0.221 e. The van der Waals surface area contributed by atoms with Gasteiger partial charge < -0.3 is 20.1 Å². The molecule has 0 heterocycles. The van der Waals surface area contributed by atoms with Crippen molar-refractivity contribution in [1.82, 2.24) is 10.2 Å². The highest BCUT2D eigenvalue weighted by atomic mass is 16.5. The van der Waals surface area contributed by atoms with Crippen LogP contribution in [0.4, 0.5) is 0 Å². The van der Waals surface area contributed by atoms with Crippen LogP contribution >= 0.6 is 0 Å². The molecule has 0 spiro atoms. The Kier molecular flexibility index (Phi) is 7.95. The number of nitrogens with one attached hydrogen (secondary N) is 1. The molecule has 0 aliphatic heterocycles. The van der Waals surface area contributed by atoms with E-state index in [1.165, 1.54) is 0 Å². The molecule has 1 rings (SSSR count). The minimum atomic E-state index is -0.138. The van der Waals surface area contributed by atoms with E-state index < -0.39 is 0 Å². The van der Waals surface area contributed by atoms with Crippen LogP contribution in [0.3, 0.4) is 0 Å². The van der Waals surface area contributed by atoms with Crippen molar-refractivity contribution in [3.05, 3.63) is 29.8 Å². The van der Waals surface area contributed by atoms with Crippen LogP contribution in [0.1, 0.15) is 12.0 Å². The summed E-state index contributed by atoms with van der Waals surface area (Å²) in [7, 11) is 3.60. The largest absolute Gasteiger partial charge is 0.492 e. The molecule has 0 aliphatic rings. The lowest BCUT2D eigenvalue weighted by molar-refractivity contribution is -0.120. The molecule has 1 aromatic carbocycles. The van der Waals surface area contributed by atoms with E-state index in [2.05, 4.69) is 22.1 Å². The fraction of sp³-hybridized carbons (Fsp3) is 0.438. The molecule has 0 aliphatic carbocycles. The maximum absolute atomic E-state index is 11.1. The first-order chi connectivity index (χ1) is 10.2. The van der Waals surface area contributed by atoms with E-state index in [1.807, 2.05) is 31.3 Å². The summed E-state index contributed by atoms with van der Waals surface area (Å²) in [5, 5.41) is 11.2. The van der Waals surface area contributed by atoms with Crippen LogP contribution < -0.4 is 10.1 Å². The van der Waals surface area contributed by atoms with Crippen LogP contribution in [0, 0.1) is 11.8 Å². The average Bonchev–Trinajstić information content (AvgIpc) is 2.51. The summed E-state index contributed by atoms with van der Waals surface area (Å²) in [5.41, 5.74) is 0.846. The number of amides is 1. The first kappa shape index (κ1) is 17.0. The predicted molar refractivity (Wildman–Crippen MR) is 82.1 cm³/mol. The van der Waals surface area contributed by atoms with Gasteiger partial charge in [-0.15, -0.1) is 0 Å². The molecule has 1 amide bonds. The van der Waals surface area contributed by atoms with Gasteiger partial charge in [-0.2, -0.15) is 0 Å². The molecule has 0 fully saturated rings. The first-order valence-electron chi connectivity index (χ1n) is 6.87. The van der Waals surface area contributed by atoms with Gasteiger partial charge in [0, 0.05) is 32.1 Å². The monoisotopic (exact) mass is 290 g/mol. The van der Waals surface area contributed by atoms with Crippen molar-refractivity contribution in [1.29, 1.82) is 0 Å². The van der Waals surface area contributed by atoms with Crippen molar-refractivity contribution >= 4 is 5.91 Å². The Bertz CT molecular complexity index is 488. The molecule has 5 nitrogen and oxygen atoms in total. The molecule has 0 saturated carbocycles. The molecule has 21 heavy (non-hydrogen) atoms. The number of likely N-dealkylation sites (N-methyl/N-ethyl adjacent to an activating group) is 1. The Balaban J connectivity index is 2.27. The highest BCUT2D eigenvalue weighted by Gasteiger charge is 2.03. The van der Waals surface area contributed by atoms with Crippen LogP contribution in [-0.2, 0) is 4.79 Å². The van der Waals surface area contributed by atoms with Crippen molar-refractivity contribution in [3.8, 4) is 17.6 Å². The number of benzene rings is 1. The molecule has 114 valence electrons. The molecular formula is C16H22N2O3. The molecule has 2 N–H and O–H groups in total. The van der Waals surface area contributed by atoms with Gasteiger partial charge in [0.15, 0.2) is 0 Å². The van der Waals surface area contributed by atoms with Crippen molar-refractivity contribution in [2.75, 3.05) is 40.4 Å². The maximum atomic E-state index is 11.1. The number of aliphatic hydroxyl groups is 1. The van der Waals surface area contributed by atoms with Gasteiger partial charge in [-0.3, -0.25) is 4.79 Å². The summed E-state index contributed by atoms with van der Waals surface area (Å²) in [6, 6.07) is 7.42. The summed E-state index contributed by atoms with van der Waals surface area (Å²) in [4.78, 5) is 13.2. The minimum Gasteiger partial charge on any atom is -0.492 e. The number of nitrogens with zero attached hydrogens (tertiary/aromatic N) is 1. The smallest absolute Gasteiger partial charge is 0.221 e. The van der Waals surface area contributed by atoms with Gasteiger partial charge in [0.2, 0.25) is 5.91 Å². The van der Waals surface area contributed by atoms with Gasteiger partial charge in [0.25, 0.3) is 0 Å². The quantitative estimate of drug-likeness (QED) is 0.717. The van der Waals surface area contributed by atoms with E-state index in [0.717, 1.165) is 17.9 Å². The van der Waals surface area contributed by atoms with E-state index in [-0.39, 0.29) is 12.5 Å². The number of carbonyl (C=O) groups is 1. The van der Waals surface area contributed by atoms with Crippen molar-refractivity contribution in [2.24, 2.45) is 0 Å². The Morgan fingerprint density at radius 2 is 2.05 bits per heavy atom. The van der Waals surface area contributed by atoms with Gasteiger partial charge in [0.05, 0.1) is 0 Å². The third kappa shape index (κ3) is 7.35. The number of rotatable bonds is 7. The highest BCUT2D eigenvalue weighted by Crippen LogP contribution is 2.11. The van der Waals surface area contributed by atoms with Gasteiger partial charge in [-0.25, -0.2) is 0 Å². The lowest BCUT2D eigenvalue weighted by atomic mass is 10.2. The third-order valence-electron chi connectivity index (χ3n) is 2.91. The number of ether oxygens (including phenoxy) is 1. The molecule has 1 aromatic rings. The van der Waals surface area contributed by atoms with Crippen LogP contribution in [0.5, 0.6) is 5.75 Å². The zero-order chi connectivity index (χ0) is 15.5. The van der Waals surface area contributed by atoms with Crippen LogP contribution in [0.2, 0.25) is 0 Å². The van der Waals surface area contributed by atoms with Crippen LogP contribution in [0.25, 0.3) is 0 Å². The summed E-state index contributed by atoms with van der Waals surface area (Å²) in [6.07, 6.45) is 0.491. The second kappa shape index (κ2) is 9.81. The second-order valence-electron chi connectivity index (χ2n) is 4.56. The number of hydrogen-bond acceptors (Lipinski definition) is 4. The first-order valence-corrected chi connectivity index (χ1v) is 6.87. The van der Waals surface area contributed by atoms with E-state index >= 15 is 0 Å². The summed E-state index contributed by atoms with van der Waals surface area (Å²) >= 11 is 0. The molecule has 0 aromatic heterocycles. The van der Waals surface area contributed by atoms with Crippen molar-refractivity contribution in [2.45, 2.75) is 6.42 Å². The molecule has 0 bridgehead atoms. The van der Waals surface area contributed by atoms with E-state index in [4.69, 9.17) is 9.84 Å². The van der Waals surface area contributed by atoms with Crippen molar-refractivity contribution in [3.63, 3.8) is 0 Å². The SMILES string of the molecule is CNC(=O)CCN(C)CCOc1ccc(C#CCO)cc1. The number of aliphatic hydroxyl groups excluding tert-OH is 1. The second-order valence-corrected chi connectivity index (χ2v) is 4.56. The van der Waals surface area contributed by atoms with E-state index in [9.17, 15) is 4.79 Å². The molecule has 0 unspecified atom stereocenters. The fourth-order valence-electron chi connectivity index (χ4n) is 1.62. The normalized spacial score (nSPS) is 9.90. The van der Waals surface area contributed by atoms with Gasteiger partial charge in [-0.05, 0) is 31.3 Å². The number of carbonyl (C=O) groups excluding carboxylic acids is 1. The zero-order valence-electron chi connectivity index (χ0n) is 12.6. The molecule has 0 atom stereocenters. The Labute approximate surface area is 125 Å². The van der Waals surface area contributed by atoms with Crippen molar-refractivity contribution < 1.29 is 14.6 Å². The van der Waals surface area contributed by atoms with Crippen LogP contribution in [0.15, 0.2) is 24.3 Å². The lowest BCUT2D eigenvalue weighted by Gasteiger charge is -2.16. The fourth-order valence-corrected chi connectivity index (χ4v) is 1.62.